The zero-order valence-electron chi connectivity index (χ0n) is 13.1. The topological polar surface area (TPSA) is 9.23 Å². The van der Waals surface area contributed by atoms with Gasteiger partial charge in [0.05, 0.1) is 5.56 Å². The van der Waals surface area contributed by atoms with Crippen molar-refractivity contribution in [2.75, 3.05) is 6.61 Å². The van der Waals surface area contributed by atoms with Crippen LogP contribution in [-0.2, 0) is 17.0 Å². The Bertz CT molecular complexity index is 413. The van der Waals surface area contributed by atoms with Gasteiger partial charge in [0.2, 0.25) is 0 Å². The minimum atomic E-state index is -4.24. The van der Waals surface area contributed by atoms with Crippen molar-refractivity contribution < 1.29 is 17.6 Å². The Labute approximate surface area is 126 Å². The first-order chi connectivity index (χ1) is 9.74. The summed E-state index contributed by atoms with van der Waals surface area (Å²) in [5, 5.41) is 0. The van der Waals surface area contributed by atoms with E-state index in [1.807, 2.05) is 6.92 Å². The fourth-order valence-electron chi connectivity index (χ4n) is 2.38. The van der Waals surface area contributed by atoms with Gasteiger partial charge in [-0.05, 0) is 56.6 Å². The molecule has 1 aromatic rings. The quantitative estimate of drug-likeness (QED) is 0.444. The maximum absolute atomic E-state index is 12.4. The van der Waals surface area contributed by atoms with Gasteiger partial charge in [-0.25, -0.2) is 0 Å². The van der Waals surface area contributed by atoms with Gasteiger partial charge in [0.25, 0.3) is 0 Å². The highest BCUT2D eigenvalue weighted by atomic mass is 28.4. The summed E-state index contributed by atoms with van der Waals surface area (Å²) in [6, 6.07) is 6.65. The second-order valence-corrected chi connectivity index (χ2v) is 10.3. The van der Waals surface area contributed by atoms with E-state index in [4.69, 9.17) is 4.43 Å². The molecule has 0 aliphatic rings. The maximum atomic E-state index is 12.4. The van der Waals surface area contributed by atoms with Crippen molar-refractivity contribution in [1.82, 2.24) is 0 Å². The second-order valence-electron chi connectivity index (χ2n) is 5.95. The first-order valence-corrected chi connectivity index (χ1v) is 10.7. The molecule has 0 spiro atoms. The van der Waals surface area contributed by atoms with Crippen molar-refractivity contribution in [1.29, 1.82) is 0 Å². The number of benzene rings is 1. The van der Waals surface area contributed by atoms with E-state index >= 15 is 0 Å². The molecule has 5 heteroatoms. The number of halogens is 3. The monoisotopic (exact) mass is 318 g/mol. The fourth-order valence-corrected chi connectivity index (χ4v) is 4.41. The molecule has 0 aliphatic carbocycles. The van der Waals surface area contributed by atoms with Crippen LogP contribution in [0.3, 0.4) is 0 Å². The highest BCUT2D eigenvalue weighted by Crippen LogP contribution is 2.29. The van der Waals surface area contributed by atoms with Crippen molar-refractivity contribution in [2.45, 2.75) is 57.9 Å². The van der Waals surface area contributed by atoms with E-state index in [9.17, 15) is 13.2 Å². The third-order valence-corrected chi connectivity index (χ3v) is 6.19. The highest BCUT2D eigenvalue weighted by molar-refractivity contribution is 6.71. The minimum Gasteiger partial charge on any atom is -0.418 e. The second kappa shape index (κ2) is 7.99. The summed E-state index contributed by atoms with van der Waals surface area (Å²) < 4.78 is 43.1. The molecular formula is C16H25F3OSi. The van der Waals surface area contributed by atoms with E-state index in [0.717, 1.165) is 43.9 Å². The molecule has 0 aromatic heterocycles. The van der Waals surface area contributed by atoms with Crippen molar-refractivity contribution in [2.24, 2.45) is 0 Å². The van der Waals surface area contributed by atoms with E-state index in [-0.39, 0.29) is 0 Å². The van der Waals surface area contributed by atoms with Gasteiger partial charge in [-0.15, -0.1) is 0 Å². The zero-order chi connectivity index (χ0) is 15.9. The van der Waals surface area contributed by atoms with Crippen molar-refractivity contribution in [3.63, 3.8) is 0 Å². The van der Waals surface area contributed by atoms with Gasteiger partial charge in [-0.2, -0.15) is 13.2 Å². The third kappa shape index (κ3) is 7.13. The summed E-state index contributed by atoms with van der Waals surface area (Å²) in [7, 11) is -1.49. The predicted octanol–water partition coefficient (Wildman–Crippen LogP) is 5.66. The van der Waals surface area contributed by atoms with Crippen molar-refractivity contribution >= 4 is 8.32 Å². The molecular weight excluding hydrogens is 293 g/mol. The summed E-state index contributed by atoms with van der Waals surface area (Å²) in [6.07, 6.45) is -0.144. The van der Waals surface area contributed by atoms with Crippen LogP contribution in [0.4, 0.5) is 13.2 Å². The molecule has 0 atom stereocenters. The predicted molar refractivity (Wildman–Crippen MR) is 82.9 cm³/mol. The summed E-state index contributed by atoms with van der Waals surface area (Å²) >= 11 is 0. The van der Waals surface area contributed by atoms with Crippen LogP contribution in [-0.4, -0.2) is 14.9 Å². The summed E-state index contributed by atoms with van der Waals surface area (Å²) in [5.74, 6) is 0. The number of hydrogen-bond donors (Lipinski definition) is 0. The van der Waals surface area contributed by atoms with E-state index < -0.39 is 20.1 Å². The van der Waals surface area contributed by atoms with E-state index in [0.29, 0.717) is 0 Å². The molecule has 0 unspecified atom stereocenters. The van der Waals surface area contributed by atoms with Crippen LogP contribution in [0.2, 0.25) is 19.1 Å². The van der Waals surface area contributed by atoms with Crippen molar-refractivity contribution in [3.8, 4) is 0 Å². The normalized spacial score (nSPS) is 12.7. The SMILES string of the molecule is CCO[Si](C)(C)CCCCCc1ccc(C(F)(F)F)cc1. The van der Waals surface area contributed by atoms with Crippen LogP contribution >= 0.6 is 0 Å². The van der Waals surface area contributed by atoms with Gasteiger partial charge in [-0.3, -0.25) is 0 Å². The van der Waals surface area contributed by atoms with Crippen LogP contribution in [0.1, 0.15) is 37.3 Å². The van der Waals surface area contributed by atoms with Gasteiger partial charge in [0, 0.05) is 6.61 Å². The molecule has 120 valence electrons. The van der Waals surface area contributed by atoms with Crippen molar-refractivity contribution in [3.05, 3.63) is 35.4 Å². The Hall–Kier alpha value is -0.813. The molecule has 0 amide bonds. The average molecular weight is 318 g/mol. The maximum Gasteiger partial charge on any atom is 0.416 e. The van der Waals surface area contributed by atoms with E-state index in [1.54, 1.807) is 12.1 Å². The van der Waals surface area contributed by atoms with Crippen LogP contribution < -0.4 is 0 Å². The standard InChI is InChI=1S/C16H25F3OSi/c1-4-20-21(2,3)13-7-5-6-8-14-9-11-15(12-10-14)16(17,18)19/h9-12H,4-8,13H2,1-3H3. The molecule has 0 fully saturated rings. The molecule has 1 rings (SSSR count). The Kier molecular flexibility index (Phi) is 6.94. The van der Waals surface area contributed by atoms with E-state index in [2.05, 4.69) is 13.1 Å². The lowest BCUT2D eigenvalue weighted by Gasteiger charge is -2.21. The van der Waals surface area contributed by atoms with Gasteiger partial charge >= 0.3 is 6.18 Å². The smallest absolute Gasteiger partial charge is 0.416 e. The lowest BCUT2D eigenvalue weighted by atomic mass is 10.1. The molecule has 0 radical (unpaired) electrons. The average Bonchev–Trinajstić information content (AvgIpc) is 2.37. The van der Waals surface area contributed by atoms with Crippen LogP contribution in [0.15, 0.2) is 24.3 Å². The number of rotatable bonds is 8. The number of aryl methyl sites for hydroxylation is 1. The van der Waals surface area contributed by atoms with E-state index in [1.165, 1.54) is 12.1 Å². The van der Waals surface area contributed by atoms with Crippen LogP contribution in [0.5, 0.6) is 0 Å². The molecule has 0 saturated heterocycles. The molecule has 0 N–H and O–H groups in total. The first-order valence-electron chi connectivity index (χ1n) is 7.55. The Morgan fingerprint density at radius 2 is 1.62 bits per heavy atom. The highest BCUT2D eigenvalue weighted by Gasteiger charge is 2.29. The van der Waals surface area contributed by atoms with Crippen LogP contribution in [0.25, 0.3) is 0 Å². The summed E-state index contributed by atoms with van der Waals surface area (Å²) in [5.41, 5.74) is 0.403. The molecule has 0 bridgehead atoms. The number of hydrogen-bond acceptors (Lipinski definition) is 1. The third-order valence-electron chi connectivity index (χ3n) is 3.56. The number of alkyl halides is 3. The van der Waals surface area contributed by atoms with Gasteiger partial charge < -0.3 is 4.43 Å². The molecule has 1 nitrogen and oxygen atoms in total. The first kappa shape index (κ1) is 18.2. The summed E-state index contributed by atoms with van der Waals surface area (Å²) in [4.78, 5) is 0. The molecule has 0 saturated carbocycles. The van der Waals surface area contributed by atoms with Crippen LogP contribution in [0, 0.1) is 0 Å². The van der Waals surface area contributed by atoms with Gasteiger partial charge in [0.1, 0.15) is 0 Å². The largest absolute Gasteiger partial charge is 0.418 e. The summed E-state index contributed by atoms with van der Waals surface area (Å²) in [6.45, 7) is 7.27. The lowest BCUT2D eigenvalue weighted by Crippen LogP contribution is -2.29. The lowest BCUT2D eigenvalue weighted by molar-refractivity contribution is -0.137. The van der Waals surface area contributed by atoms with Gasteiger partial charge in [-0.1, -0.05) is 25.0 Å². The van der Waals surface area contributed by atoms with Gasteiger partial charge in [0.15, 0.2) is 8.32 Å². The molecule has 0 aliphatic heterocycles. The molecule has 21 heavy (non-hydrogen) atoms. The fraction of sp³-hybridized carbons (Fsp3) is 0.625. The Morgan fingerprint density at radius 1 is 1.00 bits per heavy atom. The number of unbranched alkanes of at least 4 members (excludes halogenated alkanes) is 2. The molecule has 1 aromatic carbocycles. The molecule has 0 heterocycles. The Balaban J connectivity index is 2.27. The minimum absolute atomic E-state index is 0.573. The Morgan fingerprint density at radius 3 is 2.14 bits per heavy atom. The zero-order valence-corrected chi connectivity index (χ0v) is 14.1.